The van der Waals surface area contributed by atoms with E-state index in [0.29, 0.717) is 25.3 Å². The van der Waals surface area contributed by atoms with Gasteiger partial charge in [-0.3, -0.25) is 14.4 Å². The number of benzene rings is 1. The summed E-state index contributed by atoms with van der Waals surface area (Å²) in [5.74, 6) is 0.942. The van der Waals surface area contributed by atoms with E-state index in [1.54, 1.807) is 17.0 Å². The fourth-order valence-corrected chi connectivity index (χ4v) is 4.26. The molecular weight excluding hydrogens is 478 g/mol. The minimum Gasteiger partial charge on any atom is -0.505 e. The Kier molecular flexibility index (Phi) is 6.10. The van der Waals surface area contributed by atoms with Gasteiger partial charge in [-0.15, -0.1) is 0 Å². The van der Waals surface area contributed by atoms with E-state index in [0.717, 1.165) is 23.1 Å². The second-order valence-electron chi connectivity index (χ2n) is 7.76. The average molecular weight is 502 g/mol. The standard InChI is InChI=1S/C23H24BrN3O5/c1-3-14(17-11-13(24)16(4-2)32-17)25-18-19(22(30)21(18)29)26-15-8-5-7-12(20(15)28)23(31)27-9-6-10-27/h5,7-8,11,14,25-26,28H,3-4,6,9-10H2,1-2H3. The minimum absolute atomic E-state index is 0.0543. The molecule has 2 aromatic carbocycles. The third-order valence-electron chi connectivity index (χ3n) is 5.75. The Balaban J connectivity index is 1.59. The van der Waals surface area contributed by atoms with Crippen LogP contribution in [0.4, 0.5) is 17.1 Å². The summed E-state index contributed by atoms with van der Waals surface area (Å²) >= 11 is 3.47. The number of likely N-dealkylation sites (tertiary alicyclic amines) is 1. The number of amides is 1. The van der Waals surface area contributed by atoms with Crippen LogP contribution in [-0.4, -0.2) is 29.0 Å². The topological polar surface area (TPSA) is 112 Å². The number of furan rings is 1. The smallest absolute Gasteiger partial charge is 0.257 e. The molecular formula is C23H24BrN3O5. The fraction of sp³-hybridized carbons (Fsp3) is 0.348. The molecule has 32 heavy (non-hydrogen) atoms. The highest BCUT2D eigenvalue weighted by molar-refractivity contribution is 9.10. The molecule has 1 aliphatic heterocycles. The number of carbonyl (C=O) groups excluding carboxylic acids is 1. The van der Waals surface area contributed by atoms with Crippen LogP contribution >= 0.6 is 15.9 Å². The Bertz CT molecular complexity index is 1240. The molecule has 0 aliphatic carbocycles. The van der Waals surface area contributed by atoms with Crippen LogP contribution in [0, 0.1) is 0 Å². The summed E-state index contributed by atoms with van der Waals surface area (Å²) in [5, 5.41) is 16.6. The number of hydrogen-bond acceptors (Lipinski definition) is 7. The first kappa shape index (κ1) is 22.1. The van der Waals surface area contributed by atoms with Gasteiger partial charge in [0.2, 0.25) is 0 Å². The van der Waals surface area contributed by atoms with E-state index in [2.05, 4.69) is 26.6 Å². The first-order valence-electron chi connectivity index (χ1n) is 10.6. The monoisotopic (exact) mass is 501 g/mol. The molecule has 1 unspecified atom stereocenters. The Hall–Kier alpha value is -3.07. The predicted molar refractivity (Wildman–Crippen MR) is 126 cm³/mol. The van der Waals surface area contributed by atoms with Gasteiger partial charge in [0.05, 0.1) is 21.8 Å². The SMILES string of the molecule is CCc1oc(C(CC)Nc2c(Nc3cccc(C(=O)N4CCC4)c3O)c(=O)c2=O)cc1Br. The quantitative estimate of drug-likeness (QED) is 0.315. The zero-order valence-electron chi connectivity index (χ0n) is 17.8. The van der Waals surface area contributed by atoms with E-state index < -0.39 is 10.9 Å². The molecule has 2 heterocycles. The van der Waals surface area contributed by atoms with Crippen molar-refractivity contribution in [2.24, 2.45) is 0 Å². The van der Waals surface area contributed by atoms with Crippen molar-refractivity contribution in [1.29, 1.82) is 0 Å². The van der Waals surface area contributed by atoms with Crippen LogP contribution in [-0.2, 0) is 6.42 Å². The van der Waals surface area contributed by atoms with Crippen molar-refractivity contribution in [2.75, 3.05) is 23.7 Å². The van der Waals surface area contributed by atoms with Crippen molar-refractivity contribution in [3.63, 3.8) is 0 Å². The molecule has 1 aliphatic rings. The van der Waals surface area contributed by atoms with Crippen molar-refractivity contribution in [3.8, 4) is 5.75 Å². The molecule has 1 saturated heterocycles. The van der Waals surface area contributed by atoms with Crippen LogP contribution in [0.15, 0.2) is 42.7 Å². The number of aryl methyl sites for hydroxylation is 1. The molecule has 0 radical (unpaired) electrons. The summed E-state index contributed by atoms with van der Waals surface area (Å²) in [6, 6.07) is 6.25. The van der Waals surface area contributed by atoms with E-state index in [1.807, 2.05) is 19.9 Å². The largest absolute Gasteiger partial charge is 0.505 e. The molecule has 3 aromatic rings. The summed E-state index contributed by atoms with van der Waals surface area (Å²) in [4.78, 5) is 38.7. The Labute approximate surface area is 193 Å². The zero-order chi connectivity index (χ0) is 23.0. The van der Waals surface area contributed by atoms with Gasteiger partial charge >= 0.3 is 0 Å². The lowest BCUT2D eigenvalue weighted by Gasteiger charge is -2.31. The maximum absolute atomic E-state index is 12.5. The second-order valence-corrected chi connectivity index (χ2v) is 8.61. The summed E-state index contributed by atoms with van der Waals surface area (Å²) in [6.45, 7) is 5.23. The number of phenols is 1. The molecule has 1 amide bonds. The van der Waals surface area contributed by atoms with Gasteiger partial charge in [-0.2, -0.15) is 0 Å². The highest BCUT2D eigenvalue weighted by atomic mass is 79.9. The first-order valence-corrected chi connectivity index (χ1v) is 11.4. The Morgan fingerprint density at radius 3 is 2.53 bits per heavy atom. The Morgan fingerprint density at radius 2 is 1.94 bits per heavy atom. The van der Waals surface area contributed by atoms with E-state index in [1.165, 1.54) is 6.07 Å². The molecule has 0 spiro atoms. The van der Waals surface area contributed by atoms with Gasteiger partial charge in [0.15, 0.2) is 5.75 Å². The molecule has 1 fully saturated rings. The molecule has 8 nitrogen and oxygen atoms in total. The number of aromatic hydroxyl groups is 1. The van der Waals surface area contributed by atoms with E-state index in [9.17, 15) is 19.5 Å². The number of carbonyl (C=O) groups is 1. The number of nitrogens with zero attached hydrogens (tertiary/aromatic N) is 1. The molecule has 4 rings (SSSR count). The normalized spacial score (nSPS) is 14.3. The van der Waals surface area contributed by atoms with Crippen molar-refractivity contribution in [3.05, 3.63) is 66.3 Å². The third kappa shape index (κ3) is 3.81. The molecule has 168 valence electrons. The minimum atomic E-state index is -0.684. The number of hydrogen-bond donors (Lipinski definition) is 3. The number of anilines is 3. The number of phenolic OH excluding ortho intramolecular Hbond substituents is 1. The maximum atomic E-state index is 12.5. The molecule has 0 bridgehead atoms. The van der Waals surface area contributed by atoms with Crippen LogP contribution in [0.25, 0.3) is 0 Å². The highest BCUT2D eigenvalue weighted by Gasteiger charge is 2.28. The van der Waals surface area contributed by atoms with Crippen molar-refractivity contribution in [2.45, 2.75) is 39.2 Å². The predicted octanol–water partition coefficient (Wildman–Crippen LogP) is 4.06. The Morgan fingerprint density at radius 1 is 1.22 bits per heavy atom. The van der Waals surface area contributed by atoms with Gasteiger partial charge in [-0.25, -0.2) is 0 Å². The summed E-state index contributed by atoms with van der Waals surface area (Å²) in [5.41, 5.74) is -0.795. The fourth-order valence-electron chi connectivity index (χ4n) is 3.68. The van der Waals surface area contributed by atoms with Gasteiger partial charge in [0.25, 0.3) is 16.8 Å². The van der Waals surface area contributed by atoms with Gasteiger partial charge in [-0.1, -0.05) is 19.9 Å². The van der Waals surface area contributed by atoms with Crippen LogP contribution in [0.5, 0.6) is 5.75 Å². The van der Waals surface area contributed by atoms with Gasteiger partial charge < -0.3 is 25.1 Å². The van der Waals surface area contributed by atoms with Crippen molar-refractivity contribution >= 4 is 38.9 Å². The lowest BCUT2D eigenvalue weighted by atomic mass is 10.1. The summed E-state index contributed by atoms with van der Waals surface area (Å²) < 4.78 is 6.72. The maximum Gasteiger partial charge on any atom is 0.257 e. The van der Waals surface area contributed by atoms with E-state index in [4.69, 9.17) is 4.42 Å². The molecule has 1 aromatic heterocycles. The lowest BCUT2D eigenvalue weighted by molar-refractivity contribution is 0.0649. The second kappa shape index (κ2) is 8.82. The molecule has 0 saturated carbocycles. The molecule has 9 heteroatoms. The van der Waals surface area contributed by atoms with Gasteiger partial charge in [-0.05, 0) is 47.0 Å². The van der Waals surface area contributed by atoms with E-state index in [-0.39, 0.29) is 40.3 Å². The average Bonchev–Trinajstić information content (AvgIpc) is 3.13. The number of nitrogens with one attached hydrogen (secondary N) is 2. The number of para-hydroxylation sites is 1. The molecule has 1 atom stereocenters. The summed E-state index contributed by atoms with van der Waals surface area (Å²) in [7, 11) is 0. The van der Waals surface area contributed by atoms with Crippen molar-refractivity contribution in [1.82, 2.24) is 4.90 Å². The number of halogens is 1. The van der Waals surface area contributed by atoms with Gasteiger partial charge in [0.1, 0.15) is 22.9 Å². The van der Waals surface area contributed by atoms with Crippen LogP contribution in [0.1, 0.15) is 54.6 Å². The van der Waals surface area contributed by atoms with Crippen LogP contribution in [0.2, 0.25) is 0 Å². The summed E-state index contributed by atoms with van der Waals surface area (Å²) in [6.07, 6.45) is 2.27. The van der Waals surface area contributed by atoms with Crippen LogP contribution < -0.4 is 21.5 Å². The van der Waals surface area contributed by atoms with Gasteiger partial charge in [0, 0.05) is 19.5 Å². The lowest BCUT2D eigenvalue weighted by Crippen LogP contribution is -2.42. The van der Waals surface area contributed by atoms with Crippen LogP contribution in [0.3, 0.4) is 0 Å². The highest BCUT2D eigenvalue weighted by Crippen LogP contribution is 2.35. The zero-order valence-corrected chi connectivity index (χ0v) is 19.4. The third-order valence-corrected chi connectivity index (χ3v) is 6.42. The molecule has 3 N–H and O–H groups in total. The van der Waals surface area contributed by atoms with Crippen molar-refractivity contribution < 1.29 is 14.3 Å². The number of rotatable bonds is 8. The first-order chi connectivity index (χ1) is 15.3. The van der Waals surface area contributed by atoms with E-state index >= 15 is 0 Å².